The number of benzene rings is 1. The zero-order chi connectivity index (χ0) is 20.3. The minimum atomic E-state index is -1.87. The summed E-state index contributed by atoms with van der Waals surface area (Å²) in [4.78, 5) is 41.3. The molecule has 0 unspecified atom stereocenters. The van der Waals surface area contributed by atoms with Crippen molar-refractivity contribution in [2.45, 2.75) is 38.6 Å². The Balaban J connectivity index is 1.84. The Bertz CT molecular complexity index is 1280. The number of rotatable bonds is 3. The lowest BCUT2D eigenvalue weighted by molar-refractivity contribution is -0.172. The van der Waals surface area contributed by atoms with Gasteiger partial charge >= 0.3 is 5.97 Å². The van der Waals surface area contributed by atoms with Crippen molar-refractivity contribution in [3.8, 4) is 11.4 Å². The molecule has 0 spiro atoms. The number of pyridine rings is 2. The van der Waals surface area contributed by atoms with Crippen LogP contribution in [0.1, 0.15) is 35.6 Å². The van der Waals surface area contributed by atoms with Gasteiger partial charge in [-0.1, -0.05) is 30.3 Å². The number of ether oxygens (including phenoxy) is 1. The molecule has 146 valence electrons. The lowest BCUT2D eigenvalue weighted by Gasteiger charge is -2.31. The van der Waals surface area contributed by atoms with E-state index in [2.05, 4.69) is 5.18 Å². The highest BCUT2D eigenvalue weighted by Crippen LogP contribution is 2.40. The van der Waals surface area contributed by atoms with Gasteiger partial charge in [-0.3, -0.25) is 4.79 Å². The van der Waals surface area contributed by atoms with E-state index in [-0.39, 0.29) is 42.8 Å². The zero-order valence-corrected chi connectivity index (χ0v) is 15.6. The van der Waals surface area contributed by atoms with Gasteiger partial charge in [-0.2, -0.15) is 4.91 Å². The van der Waals surface area contributed by atoms with Crippen LogP contribution in [0.5, 0.6) is 0 Å². The maximum Gasteiger partial charge on any atom is 0.343 e. The van der Waals surface area contributed by atoms with E-state index in [0.717, 1.165) is 16.5 Å². The van der Waals surface area contributed by atoms with Crippen LogP contribution >= 0.6 is 0 Å². The van der Waals surface area contributed by atoms with Crippen LogP contribution < -0.4 is 5.56 Å². The smallest absolute Gasteiger partial charge is 0.343 e. The van der Waals surface area contributed by atoms with Crippen LogP contribution in [0.2, 0.25) is 0 Å². The first-order valence-electron chi connectivity index (χ1n) is 9.36. The Kier molecular flexibility index (Phi) is 3.69. The Morgan fingerprint density at radius 3 is 2.83 bits per heavy atom. The van der Waals surface area contributed by atoms with Crippen molar-refractivity contribution in [3.05, 3.63) is 67.8 Å². The molecule has 4 heterocycles. The van der Waals surface area contributed by atoms with Gasteiger partial charge in [-0.15, -0.1) is 0 Å². The number of fused-ring (bicyclic) bond motifs is 5. The lowest BCUT2D eigenvalue weighted by atomic mass is 9.86. The van der Waals surface area contributed by atoms with Crippen molar-refractivity contribution in [1.82, 2.24) is 9.55 Å². The molecule has 1 atom stereocenters. The van der Waals surface area contributed by atoms with Gasteiger partial charge in [0.1, 0.15) is 13.2 Å². The van der Waals surface area contributed by atoms with E-state index in [1.54, 1.807) is 17.6 Å². The Morgan fingerprint density at radius 1 is 1.28 bits per heavy atom. The van der Waals surface area contributed by atoms with Gasteiger partial charge in [0.15, 0.2) is 5.60 Å². The van der Waals surface area contributed by atoms with Crippen LogP contribution in [-0.4, -0.2) is 20.6 Å². The van der Waals surface area contributed by atoms with E-state index in [4.69, 9.17) is 9.72 Å². The molecule has 3 aromatic rings. The van der Waals surface area contributed by atoms with Crippen LogP contribution in [0.3, 0.4) is 0 Å². The predicted molar refractivity (Wildman–Crippen MR) is 104 cm³/mol. The van der Waals surface area contributed by atoms with E-state index >= 15 is 0 Å². The van der Waals surface area contributed by atoms with Crippen molar-refractivity contribution in [2.75, 3.05) is 0 Å². The lowest BCUT2D eigenvalue weighted by Crippen LogP contribution is -2.44. The summed E-state index contributed by atoms with van der Waals surface area (Å²) in [5.41, 5.74) is 1.61. The van der Waals surface area contributed by atoms with Crippen LogP contribution in [0.15, 0.2) is 40.3 Å². The molecule has 1 N–H and O–H groups in total. The molecule has 5 rings (SSSR count). The number of nitroso groups, excluding NO2 is 1. The number of carbonyl (C=O) groups excluding carboxylic acids is 1. The Labute approximate surface area is 164 Å². The van der Waals surface area contributed by atoms with Crippen molar-refractivity contribution in [2.24, 2.45) is 5.18 Å². The molecule has 1 aromatic carbocycles. The van der Waals surface area contributed by atoms with Crippen LogP contribution in [0.25, 0.3) is 22.3 Å². The number of carbonyl (C=O) groups is 1. The summed E-state index contributed by atoms with van der Waals surface area (Å²) < 4.78 is 6.63. The van der Waals surface area contributed by atoms with Crippen molar-refractivity contribution in [1.29, 1.82) is 0 Å². The molecule has 0 saturated heterocycles. The molecule has 2 aliphatic heterocycles. The third-order valence-electron chi connectivity index (χ3n) is 5.94. The van der Waals surface area contributed by atoms with Crippen LogP contribution in [0, 0.1) is 4.91 Å². The maximum atomic E-state index is 13.2. The molecule has 2 aliphatic rings. The van der Waals surface area contributed by atoms with Gasteiger partial charge < -0.3 is 14.4 Å². The molecule has 0 radical (unpaired) electrons. The zero-order valence-electron chi connectivity index (χ0n) is 15.6. The summed E-state index contributed by atoms with van der Waals surface area (Å²) >= 11 is 0. The fraction of sp³-hybridized carbons (Fsp3) is 0.286. The van der Waals surface area contributed by atoms with E-state index < -0.39 is 11.6 Å². The van der Waals surface area contributed by atoms with Crippen LogP contribution in [0.4, 0.5) is 0 Å². The number of esters is 1. The summed E-state index contributed by atoms with van der Waals surface area (Å²) in [7, 11) is 0. The molecule has 2 aromatic heterocycles. The summed E-state index contributed by atoms with van der Waals surface area (Å²) in [6.45, 7) is 1.70. The van der Waals surface area contributed by atoms with E-state index in [0.29, 0.717) is 16.9 Å². The first-order chi connectivity index (χ1) is 14.0. The van der Waals surface area contributed by atoms with Gasteiger partial charge in [0.2, 0.25) is 0 Å². The van der Waals surface area contributed by atoms with Gasteiger partial charge in [0.25, 0.3) is 5.56 Å². The first-order valence-corrected chi connectivity index (χ1v) is 9.36. The number of hydrogen-bond acceptors (Lipinski definition) is 7. The molecule has 8 nitrogen and oxygen atoms in total. The molecule has 0 amide bonds. The van der Waals surface area contributed by atoms with E-state index in [9.17, 15) is 19.6 Å². The molecule has 0 fully saturated rings. The number of para-hydroxylation sites is 1. The second-order valence-electron chi connectivity index (χ2n) is 7.32. The summed E-state index contributed by atoms with van der Waals surface area (Å²) in [5, 5.41) is 14.8. The molecule has 0 saturated carbocycles. The quantitative estimate of drug-likeness (QED) is 0.424. The fourth-order valence-corrected chi connectivity index (χ4v) is 4.36. The normalized spacial score (nSPS) is 19.4. The third-order valence-corrected chi connectivity index (χ3v) is 5.94. The topological polar surface area (TPSA) is 111 Å². The molecule has 0 bridgehead atoms. The highest BCUT2D eigenvalue weighted by atomic mass is 16.6. The van der Waals surface area contributed by atoms with Gasteiger partial charge in [-0.05, 0) is 24.1 Å². The van der Waals surface area contributed by atoms with Crippen LogP contribution in [-0.2, 0) is 34.8 Å². The number of cyclic esters (lactones) is 1. The number of aliphatic hydroxyl groups is 1. The van der Waals surface area contributed by atoms with Gasteiger partial charge in [-0.25, -0.2) is 9.78 Å². The summed E-state index contributed by atoms with van der Waals surface area (Å²) in [6, 6.07) is 9.08. The first kappa shape index (κ1) is 17.7. The van der Waals surface area contributed by atoms with Crippen molar-refractivity contribution < 1.29 is 14.6 Å². The Morgan fingerprint density at radius 2 is 2.07 bits per heavy atom. The highest BCUT2D eigenvalue weighted by molar-refractivity contribution is 5.89. The van der Waals surface area contributed by atoms with Gasteiger partial charge in [0, 0.05) is 16.5 Å². The third kappa shape index (κ3) is 2.26. The summed E-state index contributed by atoms with van der Waals surface area (Å²) in [6.07, 6.45) is 0.0834. The highest BCUT2D eigenvalue weighted by Gasteiger charge is 2.45. The van der Waals surface area contributed by atoms with Crippen molar-refractivity contribution in [3.63, 3.8) is 0 Å². The van der Waals surface area contributed by atoms with Gasteiger partial charge in [0.05, 0.1) is 29.0 Å². The number of nitrogens with zero attached hydrogens (tertiary/aromatic N) is 3. The largest absolute Gasteiger partial charge is 0.458 e. The number of hydrogen-bond donors (Lipinski definition) is 1. The second-order valence-corrected chi connectivity index (χ2v) is 7.32. The maximum absolute atomic E-state index is 13.2. The summed E-state index contributed by atoms with van der Waals surface area (Å²) in [5.74, 6) is -0.757. The fourth-order valence-electron chi connectivity index (χ4n) is 4.36. The SMILES string of the molecule is CC[C@@]1(O)C(=O)OCc2c1cc1n(c2=O)Cc2c-1nc1ccccc1c2CN=O. The van der Waals surface area contributed by atoms with Crippen molar-refractivity contribution >= 4 is 16.9 Å². The minimum Gasteiger partial charge on any atom is -0.458 e. The van der Waals surface area contributed by atoms with E-state index in [1.165, 1.54) is 0 Å². The molecule has 29 heavy (non-hydrogen) atoms. The van der Waals surface area contributed by atoms with E-state index in [1.807, 2.05) is 24.3 Å². The Hall–Kier alpha value is -3.39. The molecule has 0 aliphatic carbocycles. The molecular weight excluding hydrogens is 374 g/mol. The minimum absolute atomic E-state index is 0.0334. The standard InChI is InChI=1S/C21H17N3O5/c1-2-21(27)15-7-17-18-13(9-24(17)19(25)14(15)10-29-20(21)26)12(8-22-28)11-5-3-4-6-16(11)23-18/h3-7,27H,2,8-10H2,1H3/t21-/m0/s1. The molecule has 8 heteroatoms. The second kappa shape index (κ2) is 6.05. The predicted octanol–water partition coefficient (Wildman–Crippen LogP) is 2.35. The monoisotopic (exact) mass is 391 g/mol. The number of aromatic nitrogens is 2. The molecular formula is C21H17N3O5. The average Bonchev–Trinajstić information content (AvgIpc) is 3.10. The average molecular weight is 391 g/mol.